The van der Waals surface area contributed by atoms with E-state index in [0.717, 1.165) is 13.1 Å². The molecule has 0 aliphatic heterocycles. The molecule has 2 heteroatoms. The van der Waals surface area contributed by atoms with Gasteiger partial charge in [-0.05, 0) is 38.5 Å². The molecule has 1 nitrogen and oxygen atoms in total. The summed E-state index contributed by atoms with van der Waals surface area (Å²) in [5, 5.41) is 0.190. The predicted octanol–water partition coefficient (Wildman–Crippen LogP) is 3.45. The van der Waals surface area contributed by atoms with E-state index in [0.29, 0.717) is 0 Å². The Bertz CT molecular complexity index is 283. The second-order valence-corrected chi connectivity index (χ2v) is 4.40. The fraction of sp³-hybridized carbons (Fsp3) is 0.500. The van der Waals surface area contributed by atoms with Crippen molar-refractivity contribution >= 4 is 17.3 Å². The fourth-order valence-electron chi connectivity index (χ4n) is 1.55. The molecule has 1 rings (SSSR count). The number of rotatable bonds is 4. The zero-order valence-electron chi connectivity index (χ0n) is 9.13. The lowest BCUT2D eigenvalue weighted by atomic mass is 10.2. The molecule has 0 bridgehead atoms. The average Bonchev–Trinajstić information content (AvgIpc) is 2.14. The minimum atomic E-state index is 0.190. The van der Waals surface area contributed by atoms with Gasteiger partial charge < -0.3 is 4.90 Å². The van der Waals surface area contributed by atoms with Crippen LogP contribution in [0.5, 0.6) is 0 Å². The van der Waals surface area contributed by atoms with Crippen molar-refractivity contribution in [1.82, 2.24) is 0 Å². The van der Waals surface area contributed by atoms with Gasteiger partial charge in [0.2, 0.25) is 0 Å². The Balaban J connectivity index is 2.78. The van der Waals surface area contributed by atoms with Crippen LogP contribution in [-0.2, 0) is 0 Å². The summed E-state index contributed by atoms with van der Waals surface area (Å²) in [5.41, 5.74) is 2.56. The van der Waals surface area contributed by atoms with Crippen LogP contribution in [-0.4, -0.2) is 18.5 Å². The van der Waals surface area contributed by atoms with Crippen LogP contribution in [0, 0.1) is 6.92 Å². The molecule has 0 saturated heterocycles. The number of benzene rings is 1. The summed E-state index contributed by atoms with van der Waals surface area (Å²) in [6.07, 6.45) is 0. The zero-order valence-corrected chi connectivity index (χ0v) is 9.88. The van der Waals surface area contributed by atoms with Gasteiger partial charge in [0.15, 0.2) is 0 Å². The maximum Gasteiger partial charge on any atom is 0.0483 e. The van der Waals surface area contributed by atoms with Crippen molar-refractivity contribution in [3.8, 4) is 0 Å². The SMILES string of the molecule is CCN(CC(C)Cl)c1cccc(C)c1. The first-order valence-corrected chi connectivity index (χ1v) is 5.52. The molecule has 0 heterocycles. The Morgan fingerprint density at radius 3 is 2.64 bits per heavy atom. The highest BCUT2D eigenvalue weighted by molar-refractivity contribution is 6.20. The predicted molar refractivity (Wildman–Crippen MR) is 64.4 cm³/mol. The molecule has 1 atom stereocenters. The zero-order chi connectivity index (χ0) is 10.6. The summed E-state index contributed by atoms with van der Waals surface area (Å²) < 4.78 is 0. The number of alkyl halides is 1. The summed E-state index contributed by atoms with van der Waals surface area (Å²) in [7, 11) is 0. The topological polar surface area (TPSA) is 3.24 Å². The van der Waals surface area contributed by atoms with Gasteiger partial charge in [-0.15, -0.1) is 11.6 Å². The van der Waals surface area contributed by atoms with Gasteiger partial charge in [-0.25, -0.2) is 0 Å². The van der Waals surface area contributed by atoms with Crippen LogP contribution >= 0.6 is 11.6 Å². The van der Waals surface area contributed by atoms with Crippen molar-refractivity contribution < 1.29 is 0 Å². The fourth-order valence-corrected chi connectivity index (χ4v) is 1.71. The molecular formula is C12H18ClN. The third-order valence-corrected chi connectivity index (χ3v) is 2.36. The van der Waals surface area contributed by atoms with E-state index in [1.54, 1.807) is 0 Å². The average molecular weight is 212 g/mol. The lowest BCUT2D eigenvalue weighted by molar-refractivity contribution is 0.797. The molecule has 0 saturated carbocycles. The van der Waals surface area contributed by atoms with Gasteiger partial charge in [-0.1, -0.05) is 12.1 Å². The van der Waals surface area contributed by atoms with Crippen LogP contribution < -0.4 is 4.90 Å². The minimum absolute atomic E-state index is 0.190. The van der Waals surface area contributed by atoms with Crippen LogP contribution in [0.2, 0.25) is 0 Å². The van der Waals surface area contributed by atoms with Crippen LogP contribution in [0.4, 0.5) is 5.69 Å². The van der Waals surface area contributed by atoms with Crippen LogP contribution in [0.3, 0.4) is 0 Å². The van der Waals surface area contributed by atoms with E-state index in [4.69, 9.17) is 11.6 Å². The Hall–Kier alpha value is -0.690. The number of halogens is 1. The normalized spacial score (nSPS) is 12.6. The maximum atomic E-state index is 6.00. The summed E-state index contributed by atoms with van der Waals surface area (Å²) in [6, 6.07) is 8.53. The van der Waals surface area contributed by atoms with Crippen LogP contribution in [0.15, 0.2) is 24.3 Å². The highest BCUT2D eigenvalue weighted by Gasteiger charge is 2.06. The lowest BCUT2D eigenvalue weighted by Gasteiger charge is -2.24. The molecular weight excluding hydrogens is 194 g/mol. The molecule has 0 spiro atoms. The van der Waals surface area contributed by atoms with Crippen LogP contribution in [0.25, 0.3) is 0 Å². The van der Waals surface area contributed by atoms with Crippen molar-refractivity contribution in [2.45, 2.75) is 26.1 Å². The first-order valence-electron chi connectivity index (χ1n) is 5.09. The summed E-state index contributed by atoms with van der Waals surface area (Å²) in [5.74, 6) is 0. The molecule has 0 aliphatic carbocycles. The molecule has 1 aromatic carbocycles. The third kappa shape index (κ3) is 3.22. The van der Waals surface area contributed by atoms with Crippen molar-refractivity contribution in [3.63, 3.8) is 0 Å². The van der Waals surface area contributed by atoms with Gasteiger partial charge in [0.25, 0.3) is 0 Å². The molecule has 0 N–H and O–H groups in total. The van der Waals surface area contributed by atoms with Crippen molar-refractivity contribution in [1.29, 1.82) is 0 Å². The smallest absolute Gasteiger partial charge is 0.0483 e. The number of hydrogen-bond donors (Lipinski definition) is 0. The van der Waals surface area contributed by atoms with E-state index in [-0.39, 0.29) is 5.38 Å². The van der Waals surface area contributed by atoms with E-state index in [2.05, 4.69) is 43.0 Å². The van der Waals surface area contributed by atoms with Gasteiger partial charge >= 0.3 is 0 Å². The number of aryl methyl sites for hydroxylation is 1. The summed E-state index contributed by atoms with van der Waals surface area (Å²) in [6.45, 7) is 8.20. The largest absolute Gasteiger partial charge is 0.370 e. The number of anilines is 1. The quantitative estimate of drug-likeness (QED) is 0.690. The second-order valence-electron chi connectivity index (χ2n) is 3.66. The van der Waals surface area contributed by atoms with Crippen molar-refractivity contribution in [2.75, 3.05) is 18.0 Å². The summed E-state index contributed by atoms with van der Waals surface area (Å²) in [4.78, 5) is 2.30. The van der Waals surface area contributed by atoms with E-state index >= 15 is 0 Å². The van der Waals surface area contributed by atoms with E-state index in [1.165, 1.54) is 11.3 Å². The van der Waals surface area contributed by atoms with Gasteiger partial charge in [0.05, 0.1) is 0 Å². The summed E-state index contributed by atoms with van der Waals surface area (Å²) >= 11 is 6.00. The third-order valence-electron chi connectivity index (χ3n) is 2.22. The first-order chi connectivity index (χ1) is 6.63. The van der Waals surface area contributed by atoms with Gasteiger partial charge in [0, 0.05) is 24.2 Å². The lowest BCUT2D eigenvalue weighted by Crippen LogP contribution is -2.28. The Kier molecular flexibility index (Phi) is 4.27. The minimum Gasteiger partial charge on any atom is -0.370 e. The van der Waals surface area contributed by atoms with Crippen LogP contribution in [0.1, 0.15) is 19.4 Å². The standard InChI is InChI=1S/C12H18ClN/c1-4-14(9-11(3)13)12-7-5-6-10(2)8-12/h5-8,11H,4,9H2,1-3H3. The Labute approximate surface area is 91.7 Å². The van der Waals surface area contributed by atoms with Gasteiger partial charge in [0.1, 0.15) is 0 Å². The highest BCUT2D eigenvalue weighted by atomic mass is 35.5. The van der Waals surface area contributed by atoms with Crippen molar-refractivity contribution in [3.05, 3.63) is 29.8 Å². The molecule has 0 amide bonds. The highest BCUT2D eigenvalue weighted by Crippen LogP contribution is 2.16. The van der Waals surface area contributed by atoms with E-state index in [9.17, 15) is 0 Å². The molecule has 14 heavy (non-hydrogen) atoms. The second kappa shape index (κ2) is 5.26. The van der Waals surface area contributed by atoms with Gasteiger partial charge in [-0.2, -0.15) is 0 Å². The Morgan fingerprint density at radius 1 is 1.43 bits per heavy atom. The number of nitrogens with zero attached hydrogens (tertiary/aromatic N) is 1. The Morgan fingerprint density at radius 2 is 2.14 bits per heavy atom. The molecule has 0 fully saturated rings. The molecule has 1 aromatic rings. The van der Waals surface area contributed by atoms with Gasteiger partial charge in [-0.3, -0.25) is 0 Å². The molecule has 0 radical (unpaired) electrons. The number of hydrogen-bond acceptors (Lipinski definition) is 1. The maximum absolute atomic E-state index is 6.00. The first kappa shape index (κ1) is 11.4. The molecule has 0 aliphatic rings. The van der Waals surface area contributed by atoms with E-state index in [1.807, 2.05) is 6.92 Å². The molecule has 0 aromatic heterocycles. The molecule has 78 valence electrons. The monoisotopic (exact) mass is 211 g/mol. The van der Waals surface area contributed by atoms with Crippen molar-refractivity contribution in [2.24, 2.45) is 0 Å². The van der Waals surface area contributed by atoms with E-state index < -0.39 is 0 Å². The molecule has 1 unspecified atom stereocenters.